The Balaban J connectivity index is 1.65. The summed E-state index contributed by atoms with van der Waals surface area (Å²) < 4.78 is 0.613. The number of carbonyl (C=O) groups is 1. The average molecular weight is 578 g/mol. The van der Waals surface area contributed by atoms with Crippen LogP contribution in [0.15, 0.2) is 35.1 Å². The van der Waals surface area contributed by atoms with E-state index in [-0.39, 0.29) is 17.3 Å². The molecule has 1 heterocycles. The van der Waals surface area contributed by atoms with E-state index in [1.165, 1.54) is 83.4 Å². The topological polar surface area (TPSA) is 122 Å². The Bertz CT molecular complexity index is 959. The fourth-order valence-corrected chi connectivity index (χ4v) is 4.59. The zero-order valence-corrected chi connectivity index (χ0v) is 23.5. The molecule has 0 fully saturated rings. The van der Waals surface area contributed by atoms with Crippen LogP contribution in [-0.2, 0) is 0 Å². The predicted octanol–water partition coefficient (Wildman–Crippen LogP) is 7.80. The van der Waals surface area contributed by atoms with E-state index in [4.69, 9.17) is 0 Å². The molecular weight excluding hydrogens is 536 g/mol. The summed E-state index contributed by atoms with van der Waals surface area (Å²) in [7, 11) is 0. The summed E-state index contributed by atoms with van der Waals surface area (Å²) in [5.74, 6) is -0.395. The lowest BCUT2D eigenvalue weighted by atomic mass is 10.0. The van der Waals surface area contributed by atoms with Gasteiger partial charge in [-0.15, -0.1) is 0 Å². The van der Waals surface area contributed by atoms with Gasteiger partial charge < -0.3 is 5.32 Å². The molecule has 0 aliphatic carbocycles. The van der Waals surface area contributed by atoms with Crippen LogP contribution in [0.1, 0.15) is 107 Å². The van der Waals surface area contributed by atoms with Crippen LogP contribution in [-0.4, -0.2) is 27.3 Å². The first kappa shape index (κ1) is 30.5. The predicted molar refractivity (Wildman–Crippen MR) is 153 cm³/mol. The fourth-order valence-electron chi connectivity index (χ4n) is 4.13. The number of halogens is 1. The zero-order valence-electron chi connectivity index (χ0n) is 21.9. The molecule has 9 nitrogen and oxygen atoms in total. The van der Waals surface area contributed by atoms with E-state index in [1.54, 1.807) is 24.3 Å². The number of rotatable bonds is 20. The quantitative estimate of drug-likeness (QED) is 0.0834. The highest BCUT2D eigenvalue weighted by Gasteiger charge is 2.23. The summed E-state index contributed by atoms with van der Waals surface area (Å²) in [6.07, 6.45) is 19.1. The molecule has 204 valence electrons. The third kappa shape index (κ3) is 11.9. The van der Waals surface area contributed by atoms with Gasteiger partial charge in [0.1, 0.15) is 6.33 Å². The van der Waals surface area contributed by atoms with Crippen LogP contribution >= 0.6 is 15.9 Å². The van der Waals surface area contributed by atoms with Crippen molar-refractivity contribution < 1.29 is 9.72 Å². The number of nitrogens with one attached hydrogen (secondary N) is 3. The Hall–Kier alpha value is -2.75. The normalized spacial score (nSPS) is 10.8. The first-order chi connectivity index (χ1) is 18.0. The number of nitro groups is 1. The van der Waals surface area contributed by atoms with Crippen molar-refractivity contribution in [3.63, 3.8) is 0 Å². The van der Waals surface area contributed by atoms with Crippen LogP contribution < -0.4 is 16.2 Å². The zero-order chi connectivity index (χ0) is 26.7. The molecule has 0 aliphatic heterocycles. The second-order valence-corrected chi connectivity index (χ2v) is 10.1. The van der Waals surface area contributed by atoms with E-state index < -0.39 is 10.8 Å². The minimum Gasteiger partial charge on any atom is -0.364 e. The lowest BCUT2D eigenvalue weighted by Gasteiger charge is -2.11. The van der Waals surface area contributed by atoms with Crippen molar-refractivity contribution in [2.75, 3.05) is 17.3 Å². The third-order valence-electron chi connectivity index (χ3n) is 6.24. The van der Waals surface area contributed by atoms with Crippen molar-refractivity contribution in [2.24, 2.45) is 0 Å². The summed E-state index contributed by atoms with van der Waals surface area (Å²) in [5.41, 5.74) is 5.11. The SMILES string of the molecule is CCCCCCCCCCCCCCCCNc1ncnc(NNC(=O)c2ccccc2Br)c1[N+](=O)[O-]. The van der Waals surface area contributed by atoms with Crippen LogP contribution in [0.5, 0.6) is 0 Å². The lowest BCUT2D eigenvalue weighted by Crippen LogP contribution is -2.30. The number of hydrazine groups is 1. The minimum atomic E-state index is -0.555. The highest BCUT2D eigenvalue weighted by atomic mass is 79.9. The van der Waals surface area contributed by atoms with Crippen LogP contribution in [0.3, 0.4) is 0 Å². The van der Waals surface area contributed by atoms with Crippen LogP contribution in [0.4, 0.5) is 17.3 Å². The minimum absolute atomic E-state index is 0.0798. The number of hydrogen-bond donors (Lipinski definition) is 3. The van der Waals surface area contributed by atoms with E-state index >= 15 is 0 Å². The van der Waals surface area contributed by atoms with E-state index in [0.717, 1.165) is 12.8 Å². The molecule has 2 aromatic rings. The monoisotopic (exact) mass is 576 g/mol. The maximum Gasteiger partial charge on any atom is 0.354 e. The van der Waals surface area contributed by atoms with Gasteiger partial charge in [-0.05, 0) is 34.5 Å². The van der Waals surface area contributed by atoms with Crippen LogP contribution in [0, 0.1) is 10.1 Å². The summed E-state index contributed by atoms with van der Waals surface area (Å²) in [4.78, 5) is 31.5. The van der Waals surface area contributed by atoms with Gasteiger partial charge in [-0.1, -0.05) is 103 Å². The van der Waals surface area contributed by atoms with Gasteiger partial charge in [-0.25, -0.2) is 9.97 Å². The molecule has 0 unspecified atom stereocenters. The Morgan fingerprint density at radius 3 is 1.97 bits per heavy atom. The molecule has 37 heavy (non-hydrogen) atoms. The van der Waals surface area contributed by atoms with E-state index in [1.807, 2.05) is 0 Å². The smallest absolute Gasteiger partial charge is 0.354 e. The number of amides is 1. The molecule has 0 radical (unpaired) electrons. The Kier molecular flexibility index (Phi) is 15.2. The maximum atomic E-state index is 12.4. The molecule has 2 rings (SSSR count). The van der Waals surface area contributed by atoms with Crippen molar-refractivity contribution in [3.05, 3.63) is 50.7 Å². The Morgan fingerprint density at radius 1 is 0.865 bits per heavy atom. The molecule has 1 amide bonds. The molecule has 1 aromatic heterocycles. The lowest BCUT2D eigenvalue weighted by molar-refractivity contribution is -0.383. The largest absolute Gasteiger partial charge is 0.364 e. The number of unbranched alkanes of at least 4 members (excludes halogenated alkanes) is 13. The molecule has 0 spiro atoms. The van der Waals surface area contributed by atoms with Gasteiger partial charge in [0.25, 0.3) is 5.91 Å². The molecular formula is C27H41BrN6O3. The summed E-state index contributed by atoms with van der Waals surface area (Å²) >= 11 is 3.32. The molecule has 0 atom stereocenters. The third-order valence-corrected chi connectivity index (χ3v) is 6.93. The van der Waals surface area contributed by atoms with Crippen LogP contribution in [0.2, 0.25) is 0 Å². The number of hydrogen-bond acceptors (Lipinski definition) is 7. The number of benzene rings is 1. The van der Waals surface area contributed by atoms with Crippen molar-refractivity contribution in [1.82, 2.24) is 15.4 Å². The molecule has 10 heteroatoms. The molecule has 1 aromatic carbocycles. The van der Waals surface area contributed by atoms with E-state index in [0.29, 0.717) is 16.6 Å². The maximum absolute atomic E-state index is 12.4. The Labute approximate surface area is 228 Å². The number of aromatic nitrogens is 2. The van der Waals surface area contributed by atoms with Gasteiger partial charge in [-0.2, -0.15) is 0 Å². The summed E-state index contributed by atoms with van der Waals surface area (Å²) in [6, 6.07) is 6.89. The van der Waals surface area contributed by atoms with Gasteiger partial charge in [0.05, 0.1) is 10.5 Å². The molecule has 0 saturated carbocycles. The van der Waals surface area contributed by atoms with Gasteiger partial charge in [0.2, 0.25) is 11.6 Å². The van der Waals surface area contributed by atoms with Gasteiger partial charge in [0, 0.05) is 11.0 Å². The van der Waals surface area contributed by atoms with Crippen molar-refractivity contribution in [1.29, 1.82) is 0 Å². The molecule has 0 saturated heterocycles. The average Bonchev–Trinajstić information content (AvgIpc) is 2.89. The molecule has 3 N–H and O–H groups in total. The molecule has 0 bridgehead atoms. The van der Waals surface area contributed by atoms with Gasteiger partial charge >= 0.3 is 5.69 Å². The highest BCUT2D eigenvalue weighted by molar-refractivity contribution is 9.10. The first-order valence-electron chi connectivity index (χ1n) is 13.6. The van der Waals surface area contributed by atoms with Gasteiger partial charge in [0.15, 0.2) is 0 Å². The highest BCUT2D eigenvalue weighted by Crippen LogP contribution is 2.28. The summed E-state index contributed by atoms with van der Waals surface area (Å²) in [5, 5.41) is 14.8. The second-order valence-electron chi connectivity index (χ2n) is 9.26. The molecule has 0 aliphatic rings. The van der Waals surface area contributed by atoms with Crippen LogP contribution in [0.25, 0.3) is 0 Å². The standard InChI is InChI=1S/C27H41BrN6O3/c1-2-3-4-5-6-7-8-9-10-11-12-13-14-17-20-29-25-24(34(36)37)26(31-21-30-25)32-33-27(35)22-18-15-16-19-23(22)28/h15-16,18-19,21H,2-14,17,20H2,1H3,(H,33,35)(H2,29,30,31,32). The Morgan fingerprint density at radius 2 is 1.41 bits per heavy atom. The number of anilines is 2. The number of nitrogens with zero attached hydrogens (tertiary/aromatic N) is 3. The van der Waals surface area contributed by atoms with E-state index in [2.05, 4.69) is 49.0 Å². The number of carbonyl (C=O) groups excluding carboxylic acids is 1. The van der Waals surface area contributed by atoms with Crippen molar-refractivity contribution in [3.8, 4) is 0 Å². The van der Waals surface area contributed by atoms with E-state index in [9.17, 15) is 14.9 Å². The first-order valence-corrected chi connectivity index (χ1v) is 14.4. The van der Waals surface area contributed by atoms with Gasteiger partial charge in [-0.3, -0.25) is 25.8 Å². The summed E-state index contributed by atoms with van der Waals surface area (Å²) in [6.45, 7) is 2.84. The second kappa shape index (κ2) is 18.5. The fraction of sp³-hybridized carbons (Fsp3) is 0.593. The van der Waals surface area contributed by atoms with Crippen molar-refractivity contribution >= 4 is 39.2 Å². The van der Waals surface area contributed by atoms with Crippen molar-refractivity contribution in [2.45, 2.75) is 96.8 Å².